The molecule has 0 amide bonds. The predicted octanol–water partition coefficient (Wildman–Crippen LogP) is 3.13. The molecule has 0 radical (unpaired) electrons. The molecule has 1 heterocycles. The van der Waals surface area contributed by atoms with E-state index in [1.165, 1.54) is 18.4 Å². The molecule has 0 N–H and O–H groups in total. The Hall–Kier alpha value is -0.890. The van der Waals surface area contributed by atoms with Crippen molar-refractivity contribution in [2.45, 2.75) is 39.2 Å². The number of hydrogen-bond acceptors (Lipinski definition) is 2. The Morgan fingerprint density at radius 1 is 1.40 bits per heavy atom. The zero-order valence-electron chi connectivity index (χ0n) is 9.57. The van der Waals surface area contributed by atoms with Gasteiger partial charge in [-0.15, -0.1) is 0 Å². The second-order valence-electron chi connectivity index (χ2n) is 4.70. The fourth-order valence-corrected chi connectivity index (χ4v) is 1.49. The number of ether oxygens (including phenoxy) is 1. The molecule has 2 heteroatoms. The Balaban J connectivity index is 1.80. The summed E-state index contributed by atoms with van der Waals surface area (Å²) < 4.78 is 5.60. The van der Waals surface area contributed by atoms with Gasteiger partial charge in [0.1, 0.15) is 0 Å². The molecule has 1 aromatic rings. The highest BCUT2D eigenvalue weighted by Crippen LogP contribution is 2.29. The molecule has 0 atom stereocenters. The molecule has 2 nitrogen and oxygen atoms in total. The zero-order chi connectivity index (χ0) is 10.7. The maximum Gasteiger partial charge on any atom is 0.0731 e. The molecule has 1 aromatic heterocycles. The van der Waals surface area contributed by atoms with Gasteiger partial charge < -0.3 is 4.74 Å². The summed E-state index contributed by atoms with van der Waals surface area (Å²) in [7, 11) is 0. The quantitative estimate of drug-likeness (QED) is 0.736. The molecule has 0 aromatic carbocycles. The minimum absolute atomic E-state index is 0.506. The van der Waals surface area contributed by atoms with Gasteiger partial charge in [-0.2, -0.15) is 0 Å². The largest absolute Gasteiger partial charge is 0.376 e. The molecule has 15 heavy (non-hydrogen) atoms. The minimum Gasteiger partial charge on any atom is -0.376 e. The number of hydrogen-bond donors (Lipinski definition) is 0. The summed E-state index contributed by atoms with van der Waals surface area (Å²) >= 11 is 0. The first kappa shape index (κ1) is 10.6. The van der Waals surface area contributed by atoms with Crippen molar-refractivity contribution in [3.63, 3.8) is 0 Å². The van der Waals surface area contributed by atoms with E-state index >= 15 is 0 Å². The van der Waals surface area contributed by atoms with Gasteiger partial charge in [-0.05, 0) is 36.3 Å². The van der Waals surface area contributed by atoms with Crippen molar-refractivity contribution in [3.05, 3.63) is 29.6 Å². The van der Waals surface area contributed by atoms with Crippen LogP contribution < -0.4 is 0 Å². The SMILES string of the molecule is CC(C)c1ccc(COCC2CC2)cn1. The highest BCUT2D eigenvalue weighted by Gasteiger charge is 2.20. The molecule has 1 saturated carbocycles. The van der Waals surface area contributed by atoms with Gasteiger partial charge in [-0.3, -0.25) is 4.98 Å². The second kappa shape index (κ2) is 4.75. The van der Waals surface area contributed by atoms with E-state index < -0.39 is 0 Å². The van der Waals surface area contributed by atoms with Crippen LogP contribution in [-0.2, 0) is 11.3 Å². The van der Waals surface area contributed by atoms with Crippen molar-refractivity contribution in [1.29, 1.82) is 0 Å². The Morgan fingerprint density at radius 3 is 2.73 bits per heavy atom. The van der Waals surface area contributed by atoms with Crippen LogP contribution in [0.1, 0.15) is 43.9 Å². The lowest BCUT2D eigenvalue weighted by Crippen LogP contribution is -1.99. The van der Waals surface area contributed by atoms with Crippen molar-refractivity contribution >= 4 is 0 Å². The van der Waals surface area contributed by atoms with E-state index in [1.807, 2.05) is 6.20 Å². The maximum absolute atomic E-state index is 5.60. The normalized spacial score (nSPS) is 15.9. The van der Waals surface area contributed by atoms with Crippen LogP contribution in [0, 0.1) is 5.92 Å². The fourth-order valence-electron chi connectivity index (χ4n) is 1.49. The Kier molecular flexibility index (Phi) is 3.37. The smallest absolute Gasteiger partial charge is 0.0731 e. The van der Waals surface area contributed by atoms with Crippen molar-refractivity contribution in [2.24, 2.45) is 5.92 Å². The van der Waals surface area contributed by atoms with Gasteiger partial charge in [0.2, 0.25) is 0 Å². The van der Waals surface area contributed by atoms with E-state index in [1.54, 1.807) is 0 Å². The number of rotatable bonds is 5. The lowest BCUT2D eigenvalue weighted by molar-refractivity contribution is 0.111. The summed E-state index contributed by atoms with van der Waals surface area (Å²) in [6, 6.07) is 4.22. The van der Waals surface area contributed by atoms with Crippen molar-refractivity contribution in [3.8, 4) is 0 Å². The topological polar surface area (TPSA) is 22.1 Å². The van der Waals surface area contributed by atoms with Crippen molar-refractivity contribution in [2.75, 3.05) is 6.61 Å². The van der Waals surface area contributed by atoms with Crippen LogP contribution in [0.3, 0.4) is 0 Å². The van der Waals surface area contributed by atoms with Crippen LogP contribution in [-0.4, -0.2) is 11.6 Å². The summed E-state index contributed by atoms with van der Waals surface area (Å²) in [4.78, 5) is 4.41. The molecule has 0 bridgehead atoms. The molecule has 82 valence electrons. The maximum atomic E-state index is 5.60. The van der Waals surface area contributed by atoms with E-state index in [0.29, 0.717) is 12.5 Å². The summed E-state index contributed by atoms with van der Waals surface area (Å²) in [5.41, 5.74) is 2.33. The third kappa shape index (κ3) is 3.31. The molecule has 0 unspecified atom stereocenters. The van der Waals surface area contributed by atoms with E-state index in [9.17, 15) is 0 Å². The molecular formula is C13H19NO. The van der Waals surface area contributed by atoms with Gasteiger partial charge in [-0.25, -0.2) is 0 Å². The first-order chi connectivity index (χ1) is 7.25. The van der Waals surface area contributed by atoms with Gasteiger partial charge in [0.25, 0.3) is 0 Å². The van der Waals surface area contributed by atoms with Crippen LogP contribution in [0.5, 0.6) is 0 Å². The highest BCUT2D eigenvalue weighted by atomic mass is 16.5. The van der Waals surface area contributed by atoms with Crippen LogP contribution in [0.4, 0.5) is 0 Å². The number of nitrogens with zero attached hydrogens (tertiary/aromatic N) is 1. The number of aromatic nitrogens is 1. The standard InChI is InChI=1S/C13H19NO/c1-10(2)13-6-5-12(7-14-13)9-15-8-11-3-4-11/h5-7,10-11H,3-4,8-9H2,1-2H3. The lowest BCUT2D eigenvalue weighted by atomic mass is 10.1. The van der Waals surface area contributed by atoms with E-state index in [-0.39, 0.29) is 0 Å². The van der Waals surface area contributed by atoms with E-state index in [2.05, 4.69) is 31.0 Å². The Morgan fingerprint density at radius 2 is 2.20 bits per heavy atom. The minimum atomic E-state index is 0.506. The molecular weight excluding hydrogens is 186 g/mol. The summed E-state index contributed by atoms with van der Waals surface area (Å²) in [5.74, 6) is 1.35. The second-order valence-corrected chi connectivity index (χ2v) is 4.70. The van der Waals surface area contributed by atoms with E-state index in [0.717, 1.165) is 18.2 Å². The predicted molar refractivity (Wildman–Crippen MR) is 60.7 cm³/mol. The van der Waals surface area contributed by atoms with Crippen molar-refractivity contribution in [1.82, 2.24) is 4.98 Å². The first-order valence-electron chi connectivity index (χ1n) is 5.78. The molecule has 0 saturated heterocycles. The number of pyridine rings is 1. The summed E-state index contributed by atoms with van der Waals surface area (Å²) in [6.45, 7) is 5.95. The van der Waals surface area contributed by atoms with Crippen LogP contribution in [0.2, 0.25) is 0 Å². The zero-order valence-corrected chi connectivity index (χ0v) is 9.57. The summed E-state index contributed by atoms with van der Waals surface area (Å²) in [6.07, 6.45) is 4.64. The van der Waals surface area contributed by atoms with E-state index in [4.69, 9.17) is 4.74 Å². The van der Waals surface area contributed by atoms with Crippen molar-refractivity contribution < 1.29 is 4.74 Å². The Bertz CT molecular complexity index is 301. The average molecular weight is 205 g/mol. The van der Waals surface area contributed by atoms with Crippen LogP contribution >= 0.6 is 0 Å². The molecule has 1 aliphatic rings. The third-order valence-corrected chi connectivity index (χ3v) is 2.76. The highest BCUT2D eigenvalue weighted by molar-refractivity contribution is 5.15. The van der Waals surface area contributed by atoms with Gasteiger partial charge in [0.15, 0.2) is 0 Å². The van der Waals surface area contributed by atoms with Crippen LogP contribution in [0.25, 0.3) is 0 Å². The average Bonchev–Trinajstić information content (AvgIpc) is 3.02. The molecule has 2 rings (SSSR count). The van der Waals surface area contributed by atoms with Gasteiger partial charge in [0.05, 0.1) is 6.61 Å². The molecule has 1 fully saturated rings. The monoisotopic (exact) mass is 205 g/mol. The Labute approximate surface area is 91.7 Å². The van der Waals surface area contributed by atoms with Crippen LogP contribution in [0.15, 0.2) is 18.3 Å². The third-order valence-electron chi connectivity index (χ3n) is 2.76. The summed E-state index contributed by atoms with van der Waals surface area (Å²) in [5, 5.41) is 0. The molecule has 0 spiro atoms. The molecule has 0 aliphatic heterocycles. The lowest BCUT2D eigenvalue weighted by Gasteiger charge is -2.06. The fraction of sp³-hybridized carbons (Fsp3) is 0.615. The molecule has 1 aliphatic carbocycles. The van der Waals surface area contributed by atoms with Gasteiger partial charge in [0, 0.05) is 18.5 Å². The van der Waals surface area contributed by atoms with Gasteiger partial charge >= 0.3 is 0 Å². The first-order valence-corrected chi connectivity index (χ1v) is 5.78. The van der Waals surface area contributed by atoms with Gasteiger partial charge in [-0.1, -0.05) is 19.9 Å².